The van der Waals surface area contributed by atoms with Crippen molar-refractivity contribution in [3.05, 3.63) is 17.2 Å². The van der Waals surface area contributed by atoms with Crippen LogP contribution in [0.4, 0.5) is 0 Å². The number of amides is 2. The van der Waals surface area contributed by atoms with Gasteiger partial charge in [-0.15, -0.1) is 0 Å². The highest BCUT2D eigenvalue weighted by atomic mass is 16.2. The summed E-state index contributed by atoms with van der Waals surface area (Å²) in [5.41, 5.74) is 1.37. The number of nitrogens with zero attached hydrogens (tertiary/aromatic N) is 3. The Morgan fingerprint density at radius 1 is 1.12 bits per heavy atom. The van der Waals surface area contributed by atoms with E-state index in [1.165, 1.54) is 19.3 Å². The van der Waals surface area contributed by atoms with E-state index < -0.39 is 0 Å². The molecule has 0 aromatic carbocycles. The average molecular weight is 361 g/mol. The van der Waals surface area contributed by atoms with Crippen molar-refractivity contribution >= 4 is 11.8 Å². The Bertz CT molecular complexity index is 647. The molecule has 1 aliphatic heterocycles. The molecule has 0 spiro atoms. The maximum absolute atomic E-state index is 12.8. The summed E-state index contributed by atoms with van der Waals surface area (Å²) in [5, 5.41) is 6.06. The summed E-state index contributed by atoms with van der Waals surface area (Å²) in [6, 6.07) is 0.245. The van der Waals surface area contributed by atoms with E-state index in [-0.39, 0.29) is 17.9 Å². The highest BCUT2D eigenvalue weighted by Gasteiger charge is 2.28. The lowest BCUT2D eigenvalue weighted by molar-refractivity contribution is 0.0921. The van der Waals surface area contributed by atoms with Crippen LogP contribution in [0, 0.1) is 0 Å². The van der Waals surface area contributed by atoms with Gasteiger partial charge in [-0.2, -0.15) is 0 Å². The first-order valence-corrected chi connectivity index (χ1v) is 9.89. The number of rotatable bonds is 6. The molecule has 0 saturated heterocycles. The molecule has 2 heterocycles. The monoisotopic (exact) mass is 361 g/mol. The van der Waals surface area contributed by atoms with Gasteiger partial charge < -0.3 is 20.1 Å². The SMILES string of the molecule is CN(C)CCNC(=O)c1nc(C(=O)NC2CCCCC2)c2n1CCCC2. The van der Waals surface area contributed by atoms with Gasteiger partial charge in [0, 0.05) is 25.7 Å². The zero-order chi connectivity index (χ0) is 18.5. The molecule has 2 N–H and O–H groups in total. The van der Waals surface area contributed by atoms with Crippen molar-refractivity contribution in [2.24, 2.45) is 0 Å². The molecule has 7 heteroatoms. The van der Waals surface area contributed by atoms with Crippen molar-refractivity contribution in [2.45, 2.75) is 64.0 Å². The number of aromatic nitrogens is 2. The van der Waals surface area contributed by atoms with Gasteiger partial charge in [-0.05, 0) is 46.2 Å². The normalized spacial score (nSPS) is 17.8. The van der Waals surface area contributed by atoms with Crippen molar-refractivity contribution in [1.82, 2.24) is 25.1 Å². The lowest BCUT2D eigenvalue weighted by atomic mass is 9.95. The van der Waals surface area contributed by atoms with Crippen LogP contribution in [0.1, 0.15) is 71.7 Å². The number of carbonyl (C=O) groups excluding carboxylic acids is 2. The van der Waals surface area contributed by atoms with Gasteiger partial charge in [-0.1, -0.05) is 19.3 Å². The van der Waals surface area contributed by atoms with Gasteiger partial charge in [0.15, 0.2) is 5.82 Å². The Kier molecular flexibility index (Phi) is 6.29. The van der Waals surface area contributed by atoms with Crippen LogP contribution in [0.15, 0.2) is 0 Å². The number of hydrogen-bond donors (Lipinski definition) is 2. The molecule has 0 bridgehead atoms. The summed E-state index contributed by atoms with van der Waals surface area (Å²) >= 11 is 0. The van der Waals surface area contributed by atoms with Crippen LogP contribution in [-0.2, 0) is 13.0 Å². The predicted octanol–water partition coefficient (Wildman–Crippen LogP) is 1.57. The molecule has 0 radical (unpaired) electrons. The third-order valence-electron chi connectivity index (χ3n) is 5.32. The van der Waals surface area contributed by atoms with E-state index >= 15 is 0 Å². The quantitative estimate of drug-likeness (QED) is 0.806. The number of likely N-dealkylation sites (N-methyl/N-ethyl adjacent to an activating group) is 1. The largest absolute Gasteiger partial charge is 0.348 e. The fourth-order valence-electron chi connectivity index (χ4n) is 3.87. The molecule has 1 aromatic rings. The van der Waals surface area contributed by atoms with Crippen molar-refractivity contribution in [1.29, 1.82) is 0 Å². The summed E-state index contributed by atoms with van der Waals surface area (Å²) < 4.78 is 1.95. The third-order valence-corrected chi connectivity index (χ3v) is 5.32. The maximum atomic E-state index is 12.8. The van der Waals surface area contributed by atoms with Crippen LogP contribution >= 0.6 is 0 Å². The summed E-state index contributed by atoms with van der Waals surface area (Å²) in [6.45, 7) is 2.10. The number of carbonyl (C=O) groups is 2. The smallest absolute Gasteiger partial charge is 0.287 e. The van der Waals surface area contributed by atoms with E-state index in [2.05, 4.69) is 15.6 Å². The van der Waals surface area contributed by atoms with E-state index in [0.717, 1.165) is 50.9 Å². The van der Waals surface area contributed by atoms with E-state index in [1.807, 2.05) is 23.6 Å². The lowest BCUT2D eigenvalue weighted by Gasteiger charge is -2.23. The van der Waals surface area contributed by atoms with Crippen LogP contribution in [0.3, 0.4) is 0 Å². The Balaban J connectivity index is 1.74. The first kappa shape index (κ1) is 18.9. The number of fused-ring (bicyclic) bond motifs is 1. The highest BCUT2D eigenvalue weighted by molar-refractivity contribution is 5.97. The van der Waals surface area contributed by atoms with Crippen LogP contribution in [0.25, 0.3) is 0 Å². The summed E-state index contributed by atoms with van der Waals surface area (Å²) in [5.74, 6) is 0.0776. The lowest BCUT2D eigenvalue weighted by Crippen LogP contribution is -2.37. The molecule has 0 unspecified atom stereocenters. The molecule has 7 nitrogen and oxygen atoms in total. The minimum absolute atomic E-state index is 0.116. The van der Waals surface area contributed by atoms with Crippen LogP contribution < -0.4 is 10.6 Å². The van der Waals surface area contributed by atoms with Crippen molar-refractivity contribution in [3.8, 4) is 0 Å². The molecule has 144 valence electrons. The average Bonchev–Trinajstić information content (AvgIpc) is 3.02. The number of hydrogen-bond acceptors (Lipinski definition) is 4. The predicted molar refractivity (Wildman–Crippen MR) is 100 cm³/mol. The summed E-state index contributed by atoms with van der Waals surface area (Å²) in [4.78, 5) is 31.9. The molecule has 1 fully saturated rings. The summed E-state index contributed by atoms with van der Waals surface area (Å²) in [6.07, 6.45) is 8.55. The zero-order valence-electron chi connectivity index (χ0n) is 16.0. The molecule has 2 amide bonds. The Hall–Kier alpha value is -1.89. The molecule has 1 aromatic heterocycles. The van der Waals surface area contributed by atoms with Crippen LogP contribution in [0.2, 0.25) is 0 Å². The minimum Gasteiger partial charge on any atom is -0.348 e. The topological polar surface area (TPSA) is 79.3 Å². The first-order chi connectivity index (χ1) is 12.6. The molecular weight excluding hydrogens is 330 g/mol. The second-order valence-electron chi connectivity index (χ2n) is 7.71. The van der Waals surface area contributed by atoms with Crippen LogP contribution in [-0.4, -0.2) is 59.5 Å². The summed E-state index contributed by atoms with van der Waals surface area (Å²) in [7, 11) is 3.94. The number of imidazole rings is 1. The van der Waals surface area contributed by atoms with E-state index in [0.29, 0.717) is 18.1 Å². The molecular formula is C19H31N5O2. The van der Waals surface area contributed by atoms with Crippen LogP contribution in [0.5, 0.6) is 0 Å². The third kappa shape index (κ3) is 4.44. The Morgan fingerprint density at radius 3 is 2.62 bits per heavy atom. The van der Waals surface area contributed by atoms with Gasteiger partial charge in [0.1, 0.15) is 5.69 Å². The fourth-order valence-corrected chi connectivity index (χ4v) is 3.87. The molecule has 2 aliphatic rings. The van der Waals surface area contributed by atoms with Crippen molar-refractivity contribution in [3.63, 3.8) is 0 Å². The van der Waals surface area contributed by atoms with Gasteiger partial charge >= 0.3 is 0 Å². The fraction of sp³-hybridized carbons (Fsp3) is 0.737. The molecule has 3 rings (SSSR count). The Morgan fingerprint density at radius 2 is 1.88 bits per heavy atom. The van der Waals surface area contributed by atoms with E-state index in [1.54, 1.807) is 0 Å². The minimum atomic E-state index is -0.188. The van der Waals surface area contributed by atoms with Gasteiger partial charge in [-0.25, -0.2) is 4.98 Å². The first-order valence-electron chi connectivity index (χ1n) is 9.89. The molecule has 26 heavy (non-hydrogen) atoms. The van der Waals surface area contributed by atoms with E-state index in [4.69, 9.17) is 0 Å². The van der Waals surface area contributed by atoms with Gasteiger partial charge in [0.05, 0.1) is 5.69 Å². The van der Waals surface area contributed by atoms with Gasteiger partial charge in [0.2, 0.25) is 0 Å². The Labute approximate surface area is 155 Å². The number of nitrogens with one attached hydrogen (secondary N) is 2. The highest BCUT2D eigenvalue weighted by Crippen LogP contribution is 2.22. The van der Waals surface area contributed by atoms with Gasteiger partial charge in [0.25, 0.3) is 11.8 Å². The van der Waals surface area contributed by atoms with Gasteiger partial charge in [-0.3, -0.25) is 9.59 Å². The zero-order valence-corrected chi connectivity index (χ0v) is 16.0. The van der Waals surface area contributed by atoms with E-state index in [9.17, 15) is 9.59 Å². The second kappa shape index (κ2) is 8.66. The second-order valence-corrected chi connectivity index (χ2v) is 7.71. The standard InChI is InChI=1S/C19H31N5O2/c1-23(2)13-11-20-19(26)17-22-16(15-10-6-7-12-24(15)17)18(25)21-14-8-4-3-5-9-14/h14H,3-13H2,1-2H3,(H,20,26)(H,21,25). The molecule has 1 saturated carbocycles. The molecule has 0 atom stereocenters. The maximum Gasteiger partial charge on any atom is 0.287 e. The molecule has 1 aliphatic carbocycles. The van der Waals surface area contributed by atoms with Crippen molar-refractivity contribution < 1.29 is 9.59 Å². The van der Waals surface area contributed by atoms with Crippen molar-refractivity contribution in [2.75, 3.05) is 27.2 Å².